The molecule has 1 heterocycles. The average Bonchev–Trinajstić information content (AvgIpc) is 2.59. The van der Waals surface area contributed by atoms with E-state index in [4.69, 9.17) is 5.73 Å². The minimum atomic E-state index is -0.0138. The first-order valence-electron chi connectivity index (χ1n) is 7.78. The highest BCUT2D eigenvalue weighted by Gasteiger charge is 2.16. The maximum Gasteiger partial charge on any atom is 0.255 e. The van der Waals surface area contributed by atoms with Crippen LogP contribution in [0.3, 0.4) is 0 Å². The Kier molecular flexibility index (Phi) is 10.8. The number of rotatable bonds is 7. The summed E-state index contributed by atoms with van der Waals surface area (Å²) in [6.07, 6.45) is 2.42. The van der Waals surface area contributed by atoms with E-state index in [0.29, 0.717) is 25.2 Å². The summed E-state index contributed by atoms with van der Waals surface area (Å²) in [5, 5.41) is 0. The van der Waals surface area contributed by atoms with Gasteiger partial charge in [-0.25, -0.2) is 4.98 Å². The molecule has 0 spiro atoms. The van der Waals surface area contributed by atoms with E-state index in [9.17, 15) is 4.79 Å². The molecule has 0 aliphatic carbocycles. The number of aromatic nitrogens is 1. The lowest BCUT2D eigenvalue weighted by atomic mass is 10.1. The van der Waals surface area contributed by atoms with Crippen molar-refractivity contribution >= 4 is 36.5 Å². The van der Waals surface area contributed by atoms with Crippen LogP contribution < -0.4 is 10.6 Å². The third kappa shape index (κ3) is 6.90. The van der Waals surface area contributed by atoms with E-state index < -0.39 is 0 Å². The van der Waals surface area contributed by atoms with Gasteiger partial charge in [0.2, 0.25) is 0 Å². The number of benzene rings is 1. The van der Waals surface area contributed by atoms with Gasteiger partial charge < -0.3 is 15.5 Å². The van der Waals surface area contributed by atoms with Crippen molar-refractivity contribution in [3.63, 3.8) is 0 Å². The Labute approximate surface area is 162 Å². The molecule has 138 valence electrons. The molecule has 1 aromatic heterocycles. The maximum absolute atomic E-state index is 12.8. The molecule has 25 heavy (non-hydrogen) atoms. The van der Waals surface area contributed by atoms with Crippen molar-refractivity contribution in [2.75, 3.05) is 32.1 Å². The summed E-state index contributed by atoms with van der Waals surface area (Å²) in [7, 11) is 3.85. The number of hydrogen-bond acceptors (Lipinski definition) is 4. The van der Waals surface area contributed by atoms with Gasteiger partial charge in [-0.05, 0) is 30.7 Å². The molecule has 0 unspecified atom stereocenters. The average molecular weight is 385 g/mol. The Morgan fingerprint density at radius 2 is 1.76 bits per heavy atom. The van der Waals surface area contributed by atoms with Gasteiger partial charge in [0.15, 0.2) is 0 Å². The fourth-order valence-electron chi connectivity index (χ4n) is 2.30. The van der Waals surface area contributed by atoms with Crippen molar-refractivity contribution in [3.05, 3.63) is 59.8 Å². The largest absolute Gasteiger partial charge is 0.363 e. The summed E-state index contributed by atoms with van der Waals surface area (Å²) in [5.74, 6) is 0.818. The number of nitrogens with two attached hydrogens (primary N) is 1. The van der Waals surface area contributed by atoms with Gasteiger partial charge in [0.25, 0.3) is 5.91 Å². The van der Waals surface area contributed by atoms with Crippen LogP contribution in [0, 0.1) is 0 Å². The van der Waals surface area contributed by atoms with E-state index in [1.165, 1.54) is 0 Å². The Morgan fingerprint density at radius 3 is 2.28 bits per heavy atom. The molecule has 2 rings (SSSR count). The molecular formula is C18H26Cl2N4O. The van der Waals surface area contributed by atoms with Crippen LogP contribution in [0.4, 0.5) is 5.82 Å². The second-order valence-corrected chi connectivity index (χ2v) is 5.65. The van der Waals surface area contributed by atoms with Crippen molar-refractivity contribution in [1.82, 2.24) is 9.88 Å². The first kappa shape index (κ1) is 23.2. The normalized spacial score (nSPS) is 9.56. The lowest BCUT2D eigenvalue weighted by molar-refractivity contribution is 0.0742. The number of pyridine rings is 1. The van der Waals surface area contributed by atoms with E-state index in [1.54, 1.807) is 6.20 Å². The summed E-state index contributed by atoms with van der Waals surface area (Å²) in [6, 6.07) is 13.7. The zero-order chi connectivity index (χ0) is 16.7. The molecule has 7 heteroatoms. The minimum Gasteiger partial charge on any atom is -0.363 e. The zero-order valence-corrected chi connectivity index (χ0v) is 16.2. The fraction of sp³-hybridized carbons (Fsp3) is 0.333. The zero-order valence-electron chi connectivity index (χ0n) is 14.6. The Balaban J connectivity index is 0.00000288. The topological polar surface area (TPSA) is 62.5 Å². The number of nitrogens with zero attached hydrogens (tertiary/aromatic N) is 3. The number of halogens is 2. The summed E-state index contributed by atoms with van der Waals surface area (Å²) in [5.41, 5.74) is 7.31. The number of carbonyl (C=O) groups is 1. The molecule has 0 fully saturated rings. The molecule has 1 aromatic carbocycles. The van der Waals surface area contributed by atoms with Gasteiger partial charge in [-0.1, -0.05) is 30.3 Å². The molecular weight excluding hydrogens is 359 g/mol. The third-order valence-corrected chi connectivity index (χ3v) is 3.59. The van der Waals surface area contributed by atoms with Gasteiger partial charge in [0.1, 0.15) is 5.82 Å². The van der Waals surface area contributed by atoms with Crippen molar-refractivity contribution in [1.29, 1.82) is 0 Å². The van der Waals surface area contributed by atoms with Crippen molar-refractivity contribution < 1.29 is 4.79 Å². The van der Waals surface area contributed by atoms with Crippen LogP contribution in [0.1, 0.15) is 22.3 Å². The molecule has 5 nitrogen and oxygen atoms in total. The summed E-state index contributed by atoms with van der Waals surface area (Å²) < 4.78 is 0. The van der Waals surface area contributed by atoms with Crippen LogP contribution in [0.15, 0.2) is 48.7 Å². The van der Waals surface area contributed by atoms with E-state index in [0.717, 1.165) is 17.8 Å². The van der Waals surface area contributed by atoms with E-state index in [2.05, 4.69) is 4.98 Å². The maximum atomic E-state index is 12.8. The smallest absolute Gasteiger partial charge is 0.255 e. The molecule has 0 saturated heterocycles. The van der Waals surface area contributed by atoms with Gasteiger partial charge in [-0.3, -0.25) is 4.79 Å². The van der Waals surface area contributed by atoms with Gasteiger partial charge in [-0.15, -0.1) is 24.8 Å². The fourth-order valence-corrected chi connectivity index (χ4v) is 2.30. The molecule has 0 radical (unpaired) electrons. The van der Waals surface area contributed by atoms with Gasteiger partial charge in [0, 0.05) is 33.4 Å². The van der Waals surface area contributed by atoms with Gasteiger partial charge in [-0.2, -0.15) is 0 Å². The van der Waals surface area contributed by atoms with Gasteiger partial charge in [0.05, 0.1) is 5.56 Å². The molecule has 2 N–H and O–H groups in total. The molecule has 0 aliphatic rings. The summed E-state index contributed by atoms with van der Waals surface area (Å²) in [6.45, 7) is 1.78. The van der Waals surface area contributed by atoms with Crippen LogP contribution in [-0.2, 0) is 6.54 Å². The SMILES string of the molecule is CN(C)c1ccc(C(=O)N(CCCN)Cc2ccccc2)cn1.Cl.Cl. The third-order valence-electron chi connectivity index (χ3n) is 3.59. The van der Waals surface area contributed by atoms with Crippen LogP contribution in [0.25, 0.3) is 0 Å². The Bertz CT molecular complexity index is 621. The highest BCUT2D eigenvalue weighted by molar-refractivity contribution is 5.94. The molecule has 2 aromatic rings. The van der Waals surface area contributed by atoms with Crippen LogP contribution in [0.5, 0.6) is 0 Å². The van der Waals surface area contributed by atoms with E-state index >= 15 is 0 Å². The molecule has 0 bridgehead atoms. The summed E-state index contributed by atoms with van der Waals surface area (Å²) in [4.78, 5) is 20.8. The second kappa shape index (κ2) is 11.7. The van der Waals surface area contributed by atoms with E-state index in [1.807, 2.05) is 66.4 Å². The van der Waals surface area contributed by atoms with Crippen molar-refractivity contribution in [2.24, 2.45) is 5.73 Å². The monoisotopic (exact) mass is 384 g/mol. The van der Waals surface area contributed by atoms with Crippen molar-refractivity contribution in [2.45, 2.75) is 13.0 Å². The minimum absolute atomic E-state index is 0. The number of carbonyl (C=O) groups excluding carboxylic acids is 1. The molecule has 0 aliphatic heterocycles. The predicted molar refractivity (Wildman–Crippen MR) is 108 cm³/mol. The lowest BCUT2D eigenvalue weighted by Gasteiger charge is -2.23. The van der Waals surface area contributed by atoms with E-state index in [-0.39, 0.29) is 30.7 Å². The first-order chi connectivity index (χ1) is 11.1. The lowest BCUT2D eigenvalue weighted by Crippen LogP contribution is -2.32. The highest BCUT2D eigenvalue weighted by atomic mass is 35.5. The molecule has 1 amide bonds. The highest BCUT2D eigenvalue weighted by Crippen LogP contribution is 2.13. The predicted octanol–water partition coefficient (Wildman–Crippen LogP) is 2.98. The molecule has 0 saturated carbocycles. The number of amides is 1. The standard InChI is InChI=1S/C18H24N4O.2ClH/c1-21(2)17-10-9-16(13-20-17)18(23)22(12-6-11-19)14-15-7-4-3-5-8-15;;/h3-5,7-10,13H,6,11-12,14,19H2,1-2H3;2*1H. The van der Waals surface area contributed by atoms with Crippen LogP contribution >= 0.6 is 24.8 Å². The summed E-state index contributed by atoms with van der Waals surface area (Å²) >= 11 is 0. The Morgan fingerprint density at radius 1 is 1.08 bits per heavy atom. The van der Waals surface area contributed by atoms with Crippen molar-refractivity contribution in [3.8, 4) is 0 Å². The quantitative estimate of drug-likeness (QED) is 0.796. The first-order valence-corrected chi connectivity index (χ1v) is 7.78. The molecule has 0 atom stereocenters. The number of hydrogen-bond donors (Lipinski definition) is 1. The second-order valence-electron chi connectivity index (χ2n) is 5.65. The number of anilines is 1. The van der Waals surface area contributed by atoms with Crippen LogP contribution in [-0.4, -0.2) is 43.0 Å². The Hall–Kier alpha value is -1.82. The van der Waals surface area contributed by atoms with Gasteiger partial charge >= 0.3 is 0 Å². The van der Waals surface area contributed by atoms with Crippen LogP contribution in [0.2, 0.25) is 0 Å².